The van der Waals surface area contributed by atoms with Crippen LogP contribution in [0, 0.1) is 0 Å². The number of amides is 3. The zero-order valence-electron chi connectivity index (χ0n) is 11.4. The van der Waals surface area contributed by atoms with Crippen molar-refractivity contribution in [2.75, 3.05) is 5.73 Å². The average Bonchev–Trinajstić information content (AvgIpc) is 2.52. The van der Waals surface area contributed by atoms with Crippen LogP contribution >= 0.6 is 0 Å². The van der Waals surface area contributed by atoms with Crippen molar-refractivity contribution in [1.29, 1.82) is 0 Å². The third-order valence-corrected chi connectivity index (χ3v) is 3.21. The number of hydrogen-bond acceptors (Lipinski definition) is 3. The minimum atomic E-state index is -4.61. The predicted molar refractivity (Wildman–Crippen MR) is 69.0 cm³/mol. The molecule has 1 aliphatic heterocycles. The summed E-state index contributed by atoms with van der Waals surface area (Å²) in [5.41, 5.74) is 3.08. The Morgan fingerprint density at radius 1 is 1.29 bits per heavy atom. The Labute approximate surface area is 118 Å². The van der Waals surface area contributed by atoms with Gasteiger partial charge in [-0.25, -0.2) is 4.79 Å². The Bertz CT molecular complexity index is 611. The topological polar surface area (TPSA) is 75.4 Å². The first kappa shape index (κ1) is 15.1. The van der Waals surface area contributed by atoms with Crippen molar-refractivity contribution >= 4 is 17.6 Å². The van der Waals surface area contributed by atoms with Gasteiger partial charge in [-0.1, -0.05) is 6.07 Å². The fourth-order valence-corrected chi connectivity index (χ4v) is 2.13. The lowest BCUT2D eigenvalue weighted by molar-refractivity contribution is -0.139. The summed E-state index contributed by atoms with van der Waals surface area (Å²) >= 11 is 0. The number of carbonyl (C=O) groups is 2. The van der Waals surface area contributed by atoms with E-state index in [1.54, 1.807) is 0 Å². The quantitative estimate of drug-likeness (QED) is 0.649. The van der Waals surface area contributed by atoms with Gasteiger partial charge in [0.2, 0.25) is 0 Å². The molecule has 5 nitrogen and oxygen atoms in total. The van der Waals surface area contributed by atoms with E-state index < -0.39 is 35.8 Å². The molecule has 0 aromatic heterocycles. The normalized spacial score (nSPS) is 18.0. The third-order valence-electron chi connectivity index (χ3n) is 3.21. The van der Waals surface area contributed by atoms with Crippen molar-refractivity contribution in [1.82, 2.24) is 10.2 Å². The van der Waals surface area contributed by atoms with Crippen LogP contribution in [0.15, 0.2) is 18.2 Å². The number of halogens is 3. The van der Waals surface area contributed by atoms with Gasteiger partial charge < -0.3 is 11.1 Å². The SMILES string of the molecule is CC1(C)NC(=O)N(Cc2ccc(N)cc2C(F)(F)F)C1=O. The standard InChI is InChI=1S/C13H14F3N3O2/c1-12(2)10(20)19(11(21)18-12)6-7-3-4-8(17)5-9(7)13(14,15)16/h3-5H,6,17H2,1-2H3,(H,18,21). The number of alkyl halides is 3. The molecule has 0 saturated carbocycles. The molecule has 1 fully saturated rings. The molecule has 21 heavy (non-hydrogen) atoms. The Kier molecular flexibility index (Phi) is 3.35. The lowest BCUT2D eigenvalue weighted by atomic mass is 10.0. The van der Waals surface area contributed by atoms with Crippen LogP contribution in [0.4, 0.5) is 23.7 Å². The van der Waals surface area contributed by atoms with E-state index in [9.17, 15) is 22.8 Å². The van der Waals surface area contributed by atoms with Gasteiger partial charge in [0.1, 0.15) is 5.54 Å². The van der Waals surface area contributed by atoms with Crippen LogP contribution in [-0.2, 0) is 17.5 Å². The molecular formula is C13H14F3N3O2. The Balaban J connectivity index is 2.37. The molecule has 3 N–H and O–H groups in total. The summed E-state index contributed by atoms with van der Waals surface area (Å²) in [6.45, 7) is 2.52. The van der Waals surface area contributed by atoms with Crippen molar-refractivity contribution < 1.29 is 22.8 Å². The number of benzene rings is 1. The van der Waals surface area contributed by atoms with Crippen molar-refractivity contribution in [3.63, 3.8) is 0 Å². The number of nitrogen functional groups attached to an aromatic ring is 1. The van der Waals surface area contributed by atoms with Crippen molar-refractivity contribution in [3.05, 3.63) is 29.3 Å². The maximum atomic E-state index is 13.0. The highest BCUT2D eigenvalue weighted by Gasteiger charge is 2.45. The number of hydrogen-bond donors (Lipinski definition) is 2. The zero-order chi connectivity index (χ0) is 16.0. The summed E-state index contributed by atoms with van der Waals surface area (Å²) in [4.78, 5) is 24.5. The van der Waals surface area contributed by atoms with Gasteiger partial charge in [-0.3, -0.25) is 9.69 Å². The molecule has 1 saturated heterocycles. The molecule has 8 heteroatoms. The van der Waals surface area contributed by atoms with Gasteiger partial charge in [0, 0.05) is 5.69 Å². The molecule has 2 rings (SSSR count). The number of nitrogens with zero attached hydrogens (tertiary/aromatic N) is 1. The Morgan fingerprint density at radius 3 is 2.38 bits per heavy atom. The van der Waals surface area contributed by atoms with E-state index in [1.807, 2.05) is 0 Å². The first-order chi connectivity index (χ1) is 9.52. The number of imide groups is 1. The van der Waals surface area contributed by atoms with E-state index in [2.05, 4.69) is 5.32 Å². The first-order valence-electron chi connectivity index (χ1n) is 6.12. The third kappa shape index (κ3) is 2.79. The number of nitrogens with two attached hydrogens (primary N) is 1. The van der Waals surface area contributed by atoms with E-state index in [-0.39, 0.29) is 11.3 Å². The molecule has 114 valence electrons. The molecule has 0 bridgehead atoms. The number of nitrogens with one attached hydrogen (secondary N) is 1. The highest BCUT2D eigenvalue weighted by atomic mass is 19.4. The smallest absolute Gasteiger partial charge is 0.399 e. The van der Waals surface area contributed by atoms with Crippen LogP contribution in [-0.4, -0.2) is 22.4 Å². The molecule has 0 spiro atoms. The van der Waals surface area contributed by atoms with Crippen LogP contribution in [0.2, 0.25) is 0 Å². The minimum absolute atomic E-state index is 0.0383. The number of rotatable bonds is 2. The van der Waals surface area contributed by atoms with E-state index in [0.717, 1.165) is 11.0 Å². The van der Waals surface area contributed by atoms with Gasteiger partial charge in [0.25, 0.3) is 5.91 Å². The van der Waals surface area contributed by atoms with Crippen molar-refractivity contribution in [3.8, 4) is 0 Å². The second-order valence-corrected chi connectivity index (χ2v) is 5.36. The summed E-state index contributed by atoms with van der Waals surface area (Å²) in [5.74, 6) is -0.572. The summed E-state index contributed by atoms with van der Waals surface area (Å²) in [5, 5.41) is 2.41. The minimum Gasteiger partial charge on any atom is -0.399 e. The molecule has 1 aromatic carbocycles. The highest BCUT2D eigenvalue weighted by Crippen LogP contribution is 2.34. The van der Waals surface area contributed by atoms with Crippen LogP contribution < -0.4 is 11.1 Å². The Morgan fingerprint density at radius 2 is 1.90 bits per heavy atom. The molecule has 1 heterocycles. The molecular weight excluding hydrogens is 287 g/mol. The molecule has 0 aliphatic carbocycles. The molecule has 0 atom stereocenters. The monoisotopic (exact) mass is 301 g/mol. The number of anilines is 1. The van der Waals surface area contributed by atoms with Gasteiger partial charge in [-0.2, -0.15) is 13.2 Å². The lowest BCUT2D eigenvalue weighted by Gasteiger charge is -2.19. The van der Waals surface area contributed by atoms with Gasteiger partial charge in [0.15, 0.2) is 0 Å². The maximum Gasteiger partial charge on any atom is 0.416 e. The van der Waals surface area contributed by atoms with Crippen LogP contribution in [0.25, 0.3) is 0 Å². The van der Waals surface area contributed by atoms with Gasteiger partial charge in [-0.05, 0) is 31.5 Å². The van der Waals surface area contributed by atoms with E-state index >= 15 is 0 Å². The molecule has 1 aliphatic rings. The maximum absolute atomic E-state index is 13.0. The highest BCUT2D eigenvalue weighted by molar-refractivity contribution is 6.06. The Hall–Kier alpha value is -2.25. The fourth-order valence-electron chi connectivity index (χ4n) is 2.13. The molecule has 0 radical (unpaired) electrons. The van der Waals surface area contributed by atoms with Crippen molar-refractivity contribution in [2.24, 2.45) is 0 Å². The van der Waals surface area contributed by atoms with Crippen LogP contribution in [0.3, 0.4) is 0 Å². The first-order valence-corrected chi connectivity index (χ1v) is 6.12. The predicted octanol–water partition coefficient (Wildman–Crippen LogP) is 2.12. The summed E-state index contributed by atoms with van der Waals surface area (Å²) in [7, 11) is 0. The molecule has 0 unspecified atom stereocenters. The van der Waals surface area contributed by atoms with Gasteiger partial charge in [0.05, 0.1) is 12.1 Å². The fraction of sp³-hybridized carbons (Fsp3) is 0.385. The van der Waals surface area contributed by atoms with E-state index in [1.165, 1.54) is 26.0 Å². The summed E-state index contributed by atoms with van der Waals surface area (Å²) in [6.07, 6.45) is -4.61. The molecule has 1 aromatic rings. The zero-order valence-corrected chi connectivity index (χ0v) is 11.4. The van der Waals surface area contributed by atoms with Crippen LogP contribution in [0.5, 0.6) is 0 Å². The second-order valence-electron chi connectivity index (χ2n) is 5.36. The van der Waals surface area contributed by atoms with Crippen LogP contribution in [0.1, 0.15) is 25.0 Å². The largest absolute Gasteiger partial charge is 0.416 e. The van der Waals surface area contributed by atoms with E-state index in [4.69, 9.17) is 5.73 Å². The summed E-state index contributed by atoms with van der Waals surface area (Å²) in [6, 6.07) is 2.55. The van der Waals surface area contributed by atoms with E-state index in [0.29, 0.717) is 0 Å². The average molecular weight is 301 g/mol. The van der Waals surface area contributed by atoms with Gasteiger partial charge >= 0.3 is 12.2 Å². The lowest BCUT2D eigenvalue weighted by Crippen LogP contribution is -2.40. The van der Waals surface area contributed by atoms with Crippen molar-refractivity contribution in [2.45, 2.75) is 32.1 Å². The molecule has 3 amide bonds. The number of urea groups is 1. The second kappa shape index (κ2) is 4.64. The van der Waals surface area contributed by atoms with Gasteiger partial charge in [-0.15, -0.1) is 0 Å². The summed E-state index contributed by atoms with van der Waals surface area (Å²) < 4.78 is 39.0. The number of carbonyl (C=O) groups excluding carboxylic acids is 2.